The minimum Gasteiger partial charge on any atom is -0.471 e. The van der Waals surface area contributed by atoms with Crippen molar-refractivity contribution in [3.63, 3.8) is 0 Å². The largest absolute Gasteiger partial charge is 0.471 e. The van der Waals surface area contributed by atoms with Crippen LogP contribution in [-0.4, -0.2) is 40.0 Å². The van der Waals surface area contributed by atoms with Crippen molar-refractivity contribution < 1.29 is 22.7 Å². The van der Waals surface area contributed by atoms with E-state index in [4.69, 9.17) is 4.74 Å². The highest BCUT2D eigenvalue weighted by atomic mass is 19.4. The number of H-pyrrole nitrogens is 1. The molecule has 9 heteroatoms. The lowest BCUT2D eigenvalue weighted by molar-refractivity contribution is -0.141. The number of aromatic amines is 1. The number of halogens is 3. The van der Waals surface area contributed by atoms with Gasteiger partial charge in [-0.3, -0.25) is 9.59 Å². The van der Waals surface area contributed by atoms with Crippen LogP contribution in [0.25, 0.3) is 0 Å². The smallest absolute Gasteiger partial charge is 0.433 e. The Morgan fingerprint density at radius 2 is 2.00 bits per heavy atom. The second kappa shape index (κ2) is 5.99. The first-order valence-electron chi connectivity index (χ1n) is 7.02. The third kappa shape index (κ3) is 3.39. The zero-order valence-corrected chi connectivity index (χ0v) is 12.2. The van der Waals surface area contributed by atoms with Gasteiger partial charge in [-0.1, -0.05) is 6.07 Å². The number of nitrogens with one attached hydrogen (secondary N) is 1. The molecule has 1 aliphatic rings. The number of likely N-dealkylation sites (tertiary alicyclic amines) is 1. The van der Waals surface area contributed by atoms with Crippen LogP contribution in [0, 0.1) is 0 Å². The Balaban J connectivity index is 1.58. The monoisotopic (exact) mass is 339 g/mol. The molecular formula is C15H12F3N3O3. The van der Waals surface area contributed by atoms with Gasteiger partial charge in [0, 0.05) is 18.3 Å². The third-order valence-corrected chi connectivity index (χ3v) is 3.47. The minimum absolute atomic E-state index is 0.133. The normalized spacial score (nSPS) is 15.0. The summed E-state index contributed by atoms with van der Waals surface area (Å²) >= 11 is 0. The molecule has 24 heavy (non-hydrogen) atoms. The quantitative estimate of drug-likeness (QED) is 0.923. The molecule has 0 radical (unpaired) electrons. The van der Waals surface area contributed by atoms with E-state index in [2.05, 4.69) is 9.97 Å². The van der Waals surface area contributed by atoms with Gasteiger partial charge in [0.15, 0.2) is 0 Å². The molecule has 126 valence electrons. The number of rotatable bonds is 3. The van der Waals surface area contributed by atoms with Gasteiger partial charge >= 0.3 is 6.18 Å². The van der Waals surface area contributed by atoms with Crippen LogP contribution in [0.2, 0.25) is 0 Å². The van der Waals surface area contributed by atoms with E-state index in [0.29, 0.717) is 5.56 Å². The maximum Gasteiger partial charge on any atom is 0.433 e. The summed E-state index contributed by atoms with van der Waals surface area (Å²) in [6.07, 6.45) is -3.65. The minimum atomic E-state index is -4.54. The number of carbonyl (C=O) groups is 1. The Kier molecular flexibility index (Phi) is 4.00. The van der Waals surface area contributed by atoms with Crippen molar-refractivity contribution in [1.82, 2.24) is 14.9 Å². The van der Waals surface area contributed by atoms with Gasteiger partial charge in [-0.2, -0.15) is 13.2 Å². The average molecular weight is 339 g/mol. The first kappa shape index (κ1) is 16.0. The first-order valence-corrected chi connectivity index (χ1v) is 7.02. The Bertz CT molecular complexity index is 793. The molecule has 1 aliphatic heterocycles. The fourth-order valence-electron chi connectivity index (χ4n) is 2.21. The molecule has 3 heterocycles. The number of hydrogen-bond donors (Lipinski definition) is 1. The number of nitrogens with zero attached hydrogens (tertiary/aromatic N) is 2. The van der Waals surface area contributed by atoms with Gasteiger partial charge in [-0.15, -0.1) is 0 Å². The number of carbonyl (C=O) groups excluding carboxylic acids is 1. The molecule has 0 spiro atoms. The van der Waals surface area contributed by atoms with Gasteiger partial charge in [0.25, 0.3) is 5.91 Å². The summed E-state index contributed by atoms with van der Waals surface area (Å²) in [5.74, 6) is -0.422. The lowest BCUT2D eigenvalue weighted by Gasteiger charge is -2.38. The summed E-state index contributed by atoms with van der Waals surface area (Å²) in [4.78, 5) is 30.4. The topological polar surface area (TPSA) is 75.3 Å². The summed E-state index contributed by atoms with van der Waals surface area (Å²) < 4.78 is 43.1. The third-order valence-electron chi connectivity index (χ3n) is 3.47. The van der Waals surface area contributed by atoms with E-state index in [1.165, 1.54) is 35.4 Å². The van der Waals surface area contributed by atoms with E-state index in [-0.39, 0.29) is 30.4 Å². The van der Waals surface area contributed by atoms with Crippen molar-refractivity contribution in [3.05, 3.63) is 58.1 Å². The van der Waals surface area contributed by atoms with Crippen LogP contribution in [-0.2, 0) is 6.18 Å². The molecule has 1 N–H and O–H groups in total. The fraction of sp³-hybridized carbons (Fsp3) is 0.267. The number of alkyl halides is 3. The molecule has 6 nitrogen and oxygen atoms in total. The maximum absolute atomic E-state index is 12.6. The summed E-state index contributed by atoms with van der Waals surface area (Å²) in [7, 11) is 0. The molecule has 2 aromatic rings. The highest BCUT2D eigenvalue weighted by Gasteiger charge is 2.35. The standard InChI is InChI=1S/C15H12F3N3O3/c16-15(17,18)11-2-1-3-13(20-11)24-10-7-21(8-10)14(23)9-4-5-12(22)19-6-9/h1-6,10H,7-8H2,(H,19,22). The van der Waals surface area contributed by atoms with Gasteiger partial charge in [0.2, 0.25) is 11.4 Å². The van der Waals surface area contributed by atoms with E-state index in [1.807, 2.05) is 0 Å². The van der Waals surface area contributed by atoms with Gasteiger partial charge in [0.1, 0.15) is 11.8 Å². The van der Waals surface area contributed by atoms with Crippen LogP contribution >= 0.6 is 0 Å². The predicted octanol–water partition coefficient (Wildman–Crippen LogP) is 1.69. The highest BCUT2D eigenvalue weighted by Crippen LogP contribution is 2.29. The molecule has 1 saturated heterocycles. The molecule has 1 fully saturated rings. The average Bonchev–Trinajstić information content (AvgIpc) is 2.50. The van der Waals surface area contributed by atoms with Gasteiger partial charge in [-0.05, 0) is 12.1 Å². The van der Waals surface area contributed by atoms with Crippen LogP contribution in [0.1, 0.15) is 16.1 Å². The molecule has 0 unspecified atom stereocenters. The van der Waals surface area contributed by atoms with Crippen molar-refractivity contribution in [2.45, 2.75) is 12.3 Å². The Hall–Kier alpha value is -2.84. The zero-order chi connectivity index (χ0) is 17.3. The number of aromatic nitrogens is 2. The molecular weight excluding hydrogens is 327 g/mol. The second-order valence-electron chi connectivity index (χ2n) is 5.25. The molecule has 2 aromatic heterocycles. The van der Waals surface area contributed by atoms with Crippen molar-refractivity contribution in [1.29, 1.82) is 0 Å². The van der Waals surface area contributed by atoms with Crippen molar-refractivity contribution in [3.8, 4) is 5.88 Å². The van der Waals surface area contributed by atoms with Crippen LogP contribution in [0.4, 0.5) is 13.2 Å². The van der Waals surface area contributed by atoms with Crippen molar-refractivity contribution >= 4 is 5.91 Å². The molecule has 1 amide bonds. The molecule has 3 rings (SSSR count). The summed E-state index contributed by atoms with van der Waals surface area (Å²) in [6.45, 7) is 0.464. The van der Waals surface area contributed by atoms with E-state index in [9.17, 15) is 22.8 Å². The van der Waals surface area contributed by atoms with Crippen LogP contribution in [0.5, 0.6) is 5.88 Å². The molecule has 0 aromatic carbocycles. The van der Waals surface area contributed by atoms with Crippen LogP contribution in [0.3, 0.4) is 0 Å². The van der Waals surface area contributed by atoms with E-state index >= 15 is 0 Å². The van der Waals surface area contributed by atoms with E-state index in [0.717, 1.165) is 6.07 Å². The van der Waals surface area contributed by atoms with Crippen LogP contribution < -0.4 is 10.3 Å². The molecule has 0 aliphatic carbocycles. The Morgan fingerprint density at radius 3 is 2.62 bits per heavy atom. The van der Waals surface area contributed by atoms with Gasteiger partial charge in [0.05, 0.1) is 18.7 Å². The predicted molar refractivity (Wildman–Crippen MR) is 76.6 cm³/mol. The summed E-state index contributed by atoms with van der Waals surface area (Å²) in [6, 6.07) is 6.06. The highest BCUT2D eigenvalue weighted by molar-refractivity contribution is 5.94. The molecule has 0 atom stereocenters. The number of hydrogen-bond acceptors (Lipinski definition) is 4. The lowest BCUT2D eigenvalue weighted by atomic mass is 10.1. The first-order chi connectivity index (χ1) is 11.3. The van der Waals surface area contributed by atoms with Crippen molar-refractivity contribution in [2.24, 2.45) is 0 Å². The van der Waals surface area contributed by atoms with Gasteiger partial charge in [-0.25, -0.2) is 4.98 Å². The Labute approximate surface area is 133 Å². The number of pyridine rings is 2. The molecule has 0 saturated carbocycles. The van der Waals surface area contributed by atoms with Crippen LogP contribution in [0.15, 0.2) is 41.3 Å². The summed E-state index contributed by atoms with van der Waals surface area (Å²) in [5.41, 5.74) is -1.02. The summed E-state index contributed by atoms with van der Waals surface area (Å²) in [5, 5.41) is 0. The van der Waals surface area contributed by atoms with Crippen molar-refractivity contribution in [2.75, 3.05) is 13.1 Å². The zero-order valence-electron chi connectivity index (χ0n) is 12.2. The van der Waals surface area contributed by atoms with E-state index in [1.54, 1.807) is 0 Å². The van der Waals surface area contributed by atoms with E-state index < -0.39 is 18.0 Å². The second-order valence-corrected chi connectivity index (χ2v) is 5.25. The maximum atomic E-state index is 12.6. The number of amides is 1. The fourth-order valence-corrected chi connectivity index (χ4v) is 2.21. The number of ether oxygens (including phenoxy) is 1. The lowest BCUT2D eigenvalue weighted by Crippen LogP contribution is -2.56. The van der Waals surface area contributed by atoms with Gasteiger partial charge < -0.3 is 14.6 Å². The Morgan fingerprint density at radius 1 is 1.25 bits per heavy atom. The molecule has 0 bridgehead atoms. The SMILES string of the molecule is O=C(c1ccc(=O)[nH]c1)N1CC(Oc2cccc(C(F)(F)F)n2)C1.